The molecule has 1 aromatic carbocycles. The molecule has 1 unspecified atom stereocenters. The fourth-order valence-electron chi connectivity index (χ4n) is 2.68. The number of nitrogens with one attached hydrogen (secondary N) is 2. The molecule has 142 valence electrons. The Morgan fingerprint density at radius 3 is 2.74 bits per heavy atom. The minimum absolute atomic E-state index is 0.113. The highest BCUT2D eigenvalue weighted by Crippen LogP contribution is 2.19. The summed E-state index contributed by atoms with van der Waals surface area (Å²) in [5.74, 6) is -2.38. The number of rotatable bonds is 5. The Balaban J connectivity index is 1.87. The minimum atomic E-state index is -0.958. The van der Waals surface area contributed by atoms with Gasteiger partial charge in [0.05, 0.1) is 18.4 Å². The quantitative estimate of drug-likeness (QED) is 0.750. The van der Waals surface area contributed by atoms with Crippen molar-refractivity contribution in [2.24, 2.45) is 5.73 Å². The summed E-state index contributed by atoms with van der Waals surface area (Å²) < 4.78 is 41.8. The monoisotopic (exact) mass is 375 g/mol. The largest absolute Gasteiger partial charge is 0.401 e. The molecule has 2 heterocycles. The van der Waals surface area contributed by atoms with Crippen LogP contribution < -0.4 is 16.4 Å². The van der Waals surface area contributed by atoms with E-state index in [1.54, 1.807) is 6.92 Å². The number of hydrogen-bond acceptors (Lipinski definition) is 4. The van der Waals surface area contributed by atoms with Gasteiger partial charge >= 0.3 is 0 Å². The highest BCUT2D eigenvalue weighted by Gasteiger charge is 2.14. The molecule has 3 rings (SSSR count). The Bertz CT molecular complexity index is 939. The molecule has 5 nitrogen and oxygen atoms in total. The molecule has 2 aromatic rings. The lowest BCUT2D eigenvalue weighted by Gasteiger charge is -2.14. The van der Waals surface area contributed by atoms with E-state index in [2.05, 4.69) is 15.6 Å². The third kappa shape index (κ3) is 4.33. The highest BCUT2D eigenvalue weighted by molar-refractivity contribution is 5.47. The van der Waals surface area contributed by atoms with E-state index < -0.39 is 17.6 Å². The molecule has 1 aromatic heterocycles. The van der Waals surface area contributed by atoms with Crippen molar-refractivity contribution >= 4 is 5.95 Å². The number of anilines is 1. The Morgan fingerprint density at radius 2 is 2.11 bits per heavy atom. The Kier molecular flexibility index (Phi) is 5.25. The molecule has 4 N–H and O–H groups in total. The summed E-state index contributed by atoms with van der Waals surface area (Å²) in [6.07, 6.45) is 6.79. The molecule has 0 saturated heterocycles. The first kappa shape index (κ1) is 18.6. The first-order chi connectivity index (χ1) is 12.8. The smallest absolute Gasteiger partial charge is 0.232 e. The van der Waals surface area contributed by atoms with Crippen LogP contribution in [0.5, 0.6) is 0 Å². The third-order valence-electron chi connectivity index (χ3n) is 4.19. The van der Waals surface area contributed by atoms with Crippen LogP contribution in [-0.2, 0) is 6.54 Å². The molecule has 0 amide bonds. The lowest BCUT2D eigenvalue weighted by molar-refractivity contribution is 0.506. The van der Waals surface area contributed by atoms with Gasteiger partial charge in [0, 0.05) is 11.7 Å². The van der Waals surface area contributed by atoms with Crippen LogP contribution in [0.15, 0.2) is 59.7 Å². The molecular formula is C19H20F3N5. The Labute approximate surface area is 155 Å². The summed E-state index contributed by atoms with van der Waals surface area (Å²) in [6, 6.07) is 3.66. The summed E-state index contributed by atoms with van der Waals surface area (Å²) in [5, 5.41) is 6.17. The molecule has 0 radical (unpaired) electrons. The van der Waals surface area contributed by atoms with Crippen molar-refractivity contribution in [3.05, 3.63) is 82.9 Å². The molecule has 0 spiro atoms. The average Bonchev–Trinajstić information content (AvgIpc) is 3.16. The standard InChI is InChI=1S/C19H20F3N5/c1-11(23)17(8-14-5-6-24-12(14)2)25-19-26-18(22)10-27(19)9-13-3-4-15(20)16(21)7-13/h3-8,10,12,24H,9,23H2,1-2H3,(H,25,26)/b14-8-,17-11+. The van der Waals surface area contributed by atoms with Crippen molar-refractivity contribution in [3.8, 4) is 0 Å². The lowest BCUT2D eigenvalue weighted by Crippen LogP contribution is -2.17. The van der Waals surface area contributed by atoms with Gasteiger partial charge in [-0.25, -0.2) is 8.78 Å². The Hall–Kier alpha value is -3.16. The molecule has 1 aliphatic heterocycles. The number of nitrogens with two attached hydrogens (primary N) is 1. The predicted octanol–water partition coefficient (Wildman–Crippen LogP) is 3.38. The van der Waals surface area contributed by atoms with Gasteiger partial charge in [0.25, 0.3) is 0 Å². The molecule has 0 saturated carbocycles. The summed E-state index contributed by atoms with van der Waals surface area (Å²) in [5.41, 5.74) is 8.50. The van der Waals surface area contributed by atoms with Crippen molar-refractivity contribution in [2.75, 3.05) is 5.32 Å². The van der Waals surface area contributed by atoms with E-state index in [9.17, 15) is 13.2 Å². The van der Waals surface area contributed by atoms with E-state index in [4.69, 9.17) is 5.73 Å². The van der Waals surface area contributed by atoms with Gasteiger partial charge in [-0.15, -0.1) is 0 Å². The van der Waals surface area contributed by atoms with Crippen LogP contribution in [-0.4, -0.2) is 15.6 Å². The number of allylic oxidation sites excluding steroid dienone is 2. The second-order valence-electron chi connectivity index (χ2n) is 6.35. The van der Waals surface area contributed by atoms with Gasteiger partial charge in [-0.05, 0) is 55.5 Å². The molecular weight excluding hydrogens is 355 g/mol. The van der Waals surface area contributed by atoms with Crippen LogP contribution in [0.3, 0.4) is 0 Å². The Morgan fingerprint density at radius 1 is 1.33 bits per heavy atom. The van der Waals surface area contributed by atoms with Gasteiger partial charge in [-0.2, -0.15) is 9.37 Å². The van der Waals surface area contributed by atoms with E-state index in [0.29, 0.717) is 17.0 Å². The van der Waals surface area contributed by atoms with Crippen LogP contribution in [0.4, 0.5) is 19.1 Å². The van der Waals surface area contributed by atoms with Gasteiger partial charge < -0.3 is 20.9 Å². The number of aromatic nitrogens is 2. The fraction of sp³-hybridized carbons (Fsp3) is 0.211. The SMILES string of the molecule is C/C(N)=C(/C=C1/C=CNC1C)Nc1nc(F)cn1Cc1ccc(F)c(F)c1. The summed E-state index contributed by atoms with van der Waals surface area (Å²) >= 11 is 0. The second kappa shape index (κ2) is 7.61. The first-order valence-corrected chi connectivity index (χ1v) is 8.37. The van der Waals surface area contributed by atoms with E-state index in [0.717, 1.165) is 17.7 Å². The zero-order valence-electron chi connectivity index (χ0n) is 14.9. The maximum Gasteiger partial charge on any atom is 0.232 e. The number of nitrogens with zero attached hydrogens (tertiary/aromatic N) is 2. The van der Waals surface area contributed by atoms with Gasteiger partial charge in [0.15, 0.2) is 11.6 Å². The molecule has 0 bridgehead atoms. The normalized spacial score (nSPS) is 18.6. The zero-order chi connectivity index (χ0) is 19.6. The van der Waals surface area contributed by atoms with Crippen molar-refractivity contribution in [3.63, 3.8) is 0 Å². The van der Waals surface area contributed by atoms with Gasteiger partial charge in [0.2, 0.25) is 11.9 Å². The zero-order valence-corrected chi connectivity index (χ0v) is 14.9. The predicted molar refractivity (Wildman–Crippen MR) is 98.0 cm³/mol. The fourth-order valence-corrected chi connectivity index (χ4v) is 2.68. The highest BCUT2D eigenvalue weighted by atomic mass is 19.2. The summed E-state index contributed by atoms with van der Waals surface area (Å²) in [6.45, 7) is 3.83. The second-order valence-corrected chi connectivity index (χ2v) is 6.35. The van der Waals surface area contributed by atoms with E-state index >= 15 is 0 Å². The van der Waals surface area contributed by atoms with Crippen LogP contribution in [0, 0.1) is 17.6 Å². The molecule has 1 aliphatic rings. The number of hydrogen-bond donors (Lipinski definition) is 3. The third-order valence-corrected chi connectivity index (χ3v) is 4.19. The van der Waals surface area contributed by atoms with Crippen LogP contribution in [0.1, 0.15) is 19.4 Å². The van der Waals surface area contributed by atoms with Gasteiger partial charge in [0.1, 0.15) is 0 Å². The molecule has 0 fully saturated rings. The van der Waals surface area contributed by atoms with Crippen LogP contribution >= 0.6 is 0 Å². The summed E-state index contributed by atoms with van der Waals surface area (Å²) in [4.78, 5) is 3.83. The first-order valence-electron chi connectivity index (χ1n) is 8.37. The van der Waals surface area contributed by atoms with Crippen molar-refractivity contribution in [1.82, 2.24) is 14.9 Å². The van der Waals surface area contributed by atoms with Gasteiger partial charge in [-0.1, -0.05) is 6.07 Å². The van der Waals surface area contributed by atoms with Crippen molar-refractivity contribution in [2.45, 2.75) is 26.4 Å². The molecule has 0 aliphatic carbocycles. The van der Waals surface area contributed by atoms with E-state index in [-0.39, 0.29) is 18.5 Å². The van der Waals surface area contributed by atoms with E-state index in [1.165, 1.54) is 16.8 Å². The number of imidazole rings is 1. The lowest BCUT2D eigenvalue weighted by atomic mass is 10.1. The summed E-state index contributed by atoms with van der Waals surface area (Å²) in [7, 11) is 0. The van der Waals surface area contributed by atoms with Crippen LogP contribution in [0.2, 0.25) is 0 Å². The molecule has 8 heteroatoms. The number of halogens is 3. The maximum atomic E-state index is 13.8. The van der Waals surface area contributed by atoms with Crippen LogP contribution in [0.25, 0.3) is 0 Å². The van der Waals surface area contributed by atoms with Crippen molar-refractivity contribution in [1.29, 1.82) is 0 Å². The minimum Gasteiger partial charge on any atom is -0.401 e. The molecule has 1 atom stereocenters. The van der Waals surface area contributed by atoms with Crippen molar-refractivity contribution < 1.29 is 13.2 Å². The van der Waals surface area contributed by atoms with E-state index in [1.807, 2.05) is 25.3 Å². The maximum absolute atomic E-state index is 13.8. The number of benzene rings is 1. The average molecular weight is 375 g/mol. The van der Waals surface area contributed by atoms with Gasteiger partial charge in [-0.3, -0.25) is 0 Å². The molecule has 27 heavy (non-hydrogen) atoms. The topological polar surface area (TPSA) is 67.9 Å².